The van der Waals surface area contributed by atoms with Gasteiger partial charge in [0.25, 0.3) is 0 Å². The minimum atomic E-state index is -0.786. The fourth-order valence-electron chi connectivity index (χ4n) is 9.85. The molecule has 1 unspecified atom stereocenters. The smallest absolute Gasteiger partial charge is 0.306 e. The van der Waals surface area contributed by atoms with Crippen molar-refractivity contribution in [3.63, 3.8) is 0 Å². The second-order valence-electron chi connectivity index (χ2n) is 23.1. The van der Waals surface area contributed by atoms with E-state index in [9.17, 15) is 14.4 Å². The molecule has 0 aromatic carbocycles. The number of unbranched alkanes of at least 4 members (excludes halogenated alkanes) is 38. The molecule has 0 aliphatic carbocycles. The molecule has 6 nitrogen and oxygen atoms in total. The van der Waals surface area contributed by atoms with Gasteiger partial charge < -0.3 is 14.2 Å². The summed E-state index contributed by atoms with van der Waals surface area (Å²) < 4.78 is 17.0. The van der Waals surface area contributed by atoms with Crippen molar-refractivity contribution in [2.24, 2.45) is 0 Å². The Morgan fingerprint density at radius 2 is 0.463 bits per heavy atom. The molecular weight excluding hydrogens is 985 g/mol. The van der Waals surface area contributed by atoms with E-state index in [1.165, 1.54) is 212 Å². The van der Waals surface area contributed by atoms with Crippen molar-refractivity contribution in [2.75, 3.05) is 13.2 Å². The predicted octanol–water partition coefficient (Wildman–Crippen LogP) is 23.8. The van der Waals surface area contributed by atoms with E-state index in [-0.39, 0.29) is 31.1 Å². The van der Waals surface area contributed by atoms with Crippen molar-refractivity contribution < 1.29 is 28.6 Å². The number of carbonyl (C=O) groups excluding carboxylic acids is 3. The van der Waals surface area contributed by atoms with Gasteiger partial charge in [-0.05, 0) is 116 Å². The molecule has 0 spiro atoms. The van der Waals surface area contributed by atoms with Crippen molar-refractivity contribution in [1.29, 1.82) is 0 Å². The molecule has 0 fully saturated rings. The van der Waals surface area contributed by atoms with E-state index in [0.717, 1.165) is 96.3 Å². The Hall–Kier alpha value is -3.41. The SMILES string of the molecule is CCCC/C=C\C/C=C\CCCCCCCC(=O)OCC(COC(=O)CCCCCCCCCCCCCCCC/C=C\C/C=C\C/C=C\CCCCCCC)OC(=O)CCCCCCCCCCC/C=C\C/C=C\CCCCC. The van der Waals surface area contributed by atoms with Gasteiger partial charge in [0.05, 0.1) is 0 Å². The standard InChI is InChI=1S/C74H130O6/c1-4-7-10-13-16-19-22-25-28-30-32-33-34-35-36-37-38-39-40-41-43-44-46-49-52-55-58-61-64-67-73(76)79-70-71(69-78-72(75)66-63-60-57-54-51-48-27-24-21-18-15-12-9-6-3)80-74(77)68-65-62-59-56-53-50-47-45-42-31-29-26-23-20-17-14-11-8-5-2/h15,17-18,20,22,24-27,29-30,32,34-35,71H,4-14,16,19,21,23,28,31,33,36-70H2,1-3H3/b18-15-,20-17-,25-22-,27-24-,29-26-,32-30-,35-34-. The maximum Gasteiger partial charge on any atom is 0.306 e. The van der Waals surface area contributed by atoms with Crippen LogP contribution >= 0.6 is 0 Å². The fourth-order valence-corrected chi connectivity index (χ4v) is 9.85. The van der Waals surface area contributed by atoms with Gasteiger partial charge in [0.15, 0.2) is 6.10 Å². The third-order valence-electron chi connectivity index (χ3n) is 15.1. The molecule has 80 heavy (non-hydrogen) atoms. The van der Waals surface area contributed by atoms with Crippen molar-refractivity contribution in [2.45, 2.75) is 354 Å². The zero-order valence-electron chi connectivity index (χ0n) is 53.1. The Labute approximate surface area is 496 Å². The Bertz CT molecular complexity index is 1520. The predicted molar refractivity (Wildman–Crippen MR) is 348 cm³/mol. The van der Waals surface area contributed by atoms with Crippen LogP contribution in [0.5, 0.6) is 0 Å². The van der Waals surface area contributed by atoms with E-state index >= 15 is 0 Å². The average Bonchev–Trinajstić information content (AvgIpc) is 3.46. The molecule has 0 aliphatic heterocycles. The van der Waals surface area contributed by atoms with Crippen LogP contribution < -0.4 is 0 Å². The number of ether oxygens (including phenoxy) is 3. The molecule has 6 heteroatoms. The van der Waals surface area contributed by atoms with E-state index in [4.69, 9.17) is 14.2 Å². The Morgan fingerprint density at radius 3 is 0.762 bits per heavy atom. The van der Waals surface area contributed by atoms with Gasteiger partial charge in [-0.15, -0.1) is 0 Å². The highest BCUT2D eigenvalue weighted by Gasteiger charge is 2.19. The molecule has 0 rings (SSSR count). The van der Waals surface area contributed by atoms with Crippen LogP contribution in [0.25, 0.3) is 0 Å². The molecule has 0 aromatic rings. The molecule has 0 saturated heterocycles. The van der Waals surface area contributed by atoms with Crippen LogP contribution in [0.1, 0.15) is 348 Å². The largest absolute Gasteiger partial charge is 0.462 e. The van der Waals surface area contributed by atoms with Crippen molar-refractivity contribution >= 4 is 17.9 Å². The summed E-state index contributed by atoms with van der Waals surface area (Å²) in [4.78, 5) is 38.4. The van der Waals surface area contributed by atoms with E-state index in [0.29, 0.717) is 19.3 Å². The maximum atomic E-state index is 12.9. The van der Waals surface area contributed by atoms with Gasteiger partial charge >= 0.3 is 17.9 Å². The van der Waals surface area contributed by atoms with Crippen LogP contribution in [0.15, 0.2) is 85.1 Å². The summed E-state index contributed by atoms with van der Waals surface area (Å²) in [5, 5.41) is 0. The first-order chi connectivity index (χ1) is 39.5. The third-order valence-corrected chi connectivity index (χ3v) is 15.1. The topological polar surface area (TPSA) is 78.9 Å². The van der Waals surface area contributed by atoms with Gasteiger partial charge in [-0.25, -0.2) is 0 Å². The van der Waals surface area contributed by atoms with Gasteiger partial charge in [0.1, 0.15) is 13.2 Å². The summed E-state index contributed by atoms with van der Waals surface area (Å²) in [5.74, 6) is -0.885. The van der Waals surface area contributed by atoms with Gasteiger partial charge in [-0.3, -0.25) is 14.4 Å². The van der Waals surface area contributed by atoms with Crippen LogP contribution in [-0.4, -0.2) is 37.2 Å². The lowest BCUT2D eigenvalue weighted by atomic mass is 10.0. The number of rotatable bonds is 63. The van der Waals surface area contributed by atoms with Crippen LogP contribution in [0, 0.1) is 0 Å². The van der Waals surface area contributed by atoms with E-state index in [2.05, 4.69) is 106 Å². The second kappa shape index (κ2) is 68.1. The summed E-state index contributed by atoms with van der Waals surface area (Å²) in [6, 6.07) is 0. The van der Waals surface area contributed by atoms with Crippen LogP contribution in [-0.2, 0) is 28.6 Å². The van der Waals surface area contributed by atoms with Crippen LogP contribution in [0.4, 0.5) is 0 Å². The molecule has 0 aliphatic rings. The van der Waals surface area contributed by atoms with Crippen molar-refractivity contribution in [3.8, 4) is 0 Å². The summed E-state index contributed by atoms with van der Waals surface area (Å²) >= 11 is 0. The second-order valence-corrected chi connectivity index (χ2v) is 23.1. The average molecular weight is 1120 g/mol. The van der Waals surface area contributed by atoms with E-state index in [1.807, 2.05) is 0 Å². The highest BCUT2D eigenvalue weighted by atomic mass is 16.6. The van der Waals surface area contributed by atoms with Crippen molar-refractivity contribution in [3.05, 3.63) is 85.1 Å². The number of carbonyl (C=O) groups is 3. The Balaban J connectivity index is 4.27. The Kier molecular flexibility index (Phi) is 65.2. The monoisotopic (exact) mass is 1110 g/mol. The first-order valence-electron chi connectivity index (χ1n) is 34.6. The molecule has 0 saturated carbocycles. The maximum absolute atomic E-state index is 12.9. The lowest BCUT2D eigenvalue weighted by Crippen LogP contribution is -2.30. The van der Waals surface area contributed by atoms with E-state index < -0.39 is 6.10 Å². The lowest BCUT2D eigenvalue weighted by molar-refractivity contribution is -0.167. The highest BCUT2D eigenvalue weighted by Crippen LogP contribution is 2.17. The van der Waals surface area contributed by atoms with Gasteiger partial charge in [0, 0.05) is 19.3 Å². The molecular formula is C74H130O6. The van der Waals surface area contributed by atoms with Crippen LogP contribution in [0.2, 0.25) is 0 Å². The molecule has 0 heterocycles. The molecule has 1 atom stereocenters. The van der Waals surface area contributed by atoms with Gasteiger partial charge in [-0.1, -0.05) is 298 Å². The number of esters is 3. The quantitative estimate of drug-likeness (QED) is 0.0261. The molecule has 0 amide bonds. The number of hydrogen-bond acceptors (Lipinski definition) is 6. The zero-order valence-corrected chi connectivity index (χ0v) is 53.1. The minimum absolute atomic E-state index is 0.0812. The highest BCUT2D eigenvalue weighted by molar-refractivity contribution is 5.71. The summed E-state index contributed by atoms with van der Waals surface area (Å²) in [7, 11) is 0. The lowest BCUT2D eigenvalue weighted by Gasteiger charge is -2.18. The Morgan fingerprint density at radius 1 is 0.250 bits per heavy atom. The van der Waals surface area contributed by atoms with Gasteiger partial charge in [0.2, 0.25) is 0 Å². The number of allylic oxidation sites excluding steroid dienone is 14. The first-order valence-corrected chi connectivity index (χ1v) is 34.6. The molecule has 0 radical (unpaired) electrons. The molecule has 462 valence electrons. The minimum Gasteiger partial charge on any atom is -0.462 e. The summed E-state index contributed by atoms with van der Waals surface area (Å²) in [6.45, 7) is 6.59. The first kappa shape index (κ1) is 76.6. The molecule has 0 bridgehead atoms. The van der Waals surface area contributed by atoms with Gasteiger partial charge in [-0.2, -0.15) is 0 Å². The van der Waals surface area contributed by atoms with E-state index in [1.54, 1.807) is 0 Å². The molecule has 0 N–H and O–H groups in total. The fraction of sp³-hybridized carbons (Fsp3) is 0.770. The zero-order chi connectivity index (χ0) is 57.8. The summed E-state index contributed by atoms with van der Waals surface area (Å²) in [6.07, 6.45) is 90.3. The van der Waals surface area contributed by atoms with Crippen LogP contribution in [0.3, 0.4) is 0 Å². The number of hydrogen-bond donors (Lipinski definition) is 0. The normalized spacial score (nSPS) is 12.6. The van der Waals surface area contributed by atoms with Crippen molar-refractivity contribution in [1.82, 2.24) is 0 Å². The summed E-state index contributed by atoms with van der Waals surface area (Å²) in [5.41, 5.74) is 0. The molecule has 0 aromatic heterocycles. The third kappa shape index (κ3) is 65.4.